The van der Waals surface area contributed by atoms with Gasteiger partial charge in [0.05, 0.1) is 11.9 Å². The number of aromatic nitrogens is 1. The molecule has 3 heterocycles. The smallest absolute Gasteiger partial charge is 0.222 e. The number of carbonyl (C=O) groups is 1. The van der Waals surface area contributed by atoms with Gasteiger partial charge in [-0.15, -0.1) is 0 Å². The van der Waals surface area contributed by atoms with Crippen molar-refractivity contribution in [2.24, 2.45) is 0 Å². The van der Waals surface area contributed by atoms with E-state index in [1.807, 2.05) is 11.8 Å². The number of anilines is 1. The number of amides is 1. The van der Waals surface area contributed by atoms with Gasteiger partial charge in [-0.25, -0.2) is 4.39 Å². The molecule has 1 atom stereocenters. The summed E-state index contributed by atoms with van der Waals surface area (Å²) in [5.74, 6) is -0.0305. The maximum atomic E-state index is 14.1. The van der Waals surface area contributed by atoms with Gasteiger partial charge < -0.3 is 9.80 Å². The Labute approximate surface area is 137 Å². The van der Waals surface area contributed by atoms with E-state index in [0.29, 0.717) is 12.1 Å². The number of nitrogens with zero attached hydrogens (tertiary/aromatic N) is 4. The summed E-state index contributed by atoms with van der Waals surface area (Å²) in [4.78, 5) is 22.5. The number of hydrogen-bond acceptors (Lipinski definition) is 4. The van der Waals surface area contributed by atoms with E-state index in [1.54, 1.807) is 12.3 Å². The molecule has 0 aliphatic carbocycles. The summed E-state index contributed by atoms with van der Waals surface area (Å²) < 4.78 is 14.1. The van der Waals surface area contributed by atoms with Crippen LogP contribution >= 0.6 is 0 Å². The number of pyridine rings is 1. The molecule has 1 aromatic rings. The molecule has 0 N–H and O–H groups in total. The van der Waals surface area contributed by atoms with Crippen LogP contribution in [0.15, 0.2) is 18.5 Å². The number of hydrogen-bond donors (Lipinski definition) is 0. The third-order valence-electron chi connectivity index (χ3n) is 5.48. The molecule has 3 rings (SSSR count). The van der Waals surface area contributed by atoms with Gasteiger partial charge >= 0.3 is 0 Å². The molecule has 1 amide bonds. The monoisotopic (exact) mass is 320 g/mol. The van der Waals surface area contributed by atoms with Crippen LogP contribution in [0.2, 0.25) is 0 Å². The summed E-state index contributed by atoms with van der Waals surface area (Å²) in [6.45, 7) is 6.01. The molecule has 126 valence electrons. The zero-order chi connectivity index (χ0) is 16.4. The Morgan fingerprint density at radius 1 is 1.30 bits per heavy atom. The van der Waals surface area contributed by atoms with Crippen LogP contribution in [-0.4, -0.2) is 66.0 Å². The summed E-state index contributed by atoms with van der Waals surface area (Å²) >= 11 is 0. The van der Waals surface area contributed by atoms with E-state index in [1.165, 1.54) is 6.20 Å². The van der Waals surface area contributed by atoms with Gasteiger partial charge in [0.25, 0.3) is 0 Å². The predicted octanol–water partition coefficient (Wildman–Crippen LogP) is 1.74. The van der Waals surface area contributed by atoms with Crippen LogP contribution in [-0.2, 0) is 4.79 Å². The Morgan fingerprint density at radius 2 is 2.13 bits per heavy atom. The first-order valence-corrected chi connectivity index (χ1v) is 8.39. The van der Waals surface area contributed by atoms with Gasteiger partial charge in [-0.05, 0) is 32.9 Å². The highest BCUT2D eigenvalue weighted by Gasteiger charge is 2.42. The van der Waals surface area contributed by atoms with E-state index >= 15 is 0 Å². The second-order valence-corrected chi connectivity index (χ2v) is 6.62. The molecule has 23 heavy (non-hydrogen) atoms. The van der Waals surface area contributed by atoms with Gasteiger partial charge in [0.1, 0.15) is 0 Å². The Hall–Kier alpha value is -1.69. The molecule has 0 bridgehead atoms. The van der Waals surface area contributed by atoms with E-state index in [2.05, 4.69) is 21.8 Å². The Kier molecular flexibility index (Phi) is 4.53. The SMILES string of the molecule is CCN1CCC2(CCC1=O)CN(c1ccncc1F)CCN2C. The Balaban J connectivity index is 1.83. The average molecular weight is 320 g/mol. The van der Waals surface area contributed by atoms with E-state index < -0.39 is 0 Å². The lowest BCUT2D eigenvalue weighted by atomic mass is 9.86. The highest BCUT2D eigenvalue weighted by molar-refractivity contribution is 5.76. The summed E-state index contributed by atoms with van der Waals surface area (Å²) in [5.41, 5.74) is 0.559. The van der Waals surface area contributed by atoms with Crippen molar-refractivity contribution in [1.82, 2.24) is 14.8 Å². The number of halogens is 1. The second kappa shape index (κ2) is 6.43. The predicted molar refractivity (Wildman–Crippen MR) is 87.9 cm³/mol. The molecular weight excluding hydrogens is 295 g/mol. The van der Waals surface area contributed by atoms with E-state index in [0.717, 1.165) is 45.6 Å². The number of piperazine rings is 1. The van der Waals surface area contributed by atoms with Gasteiger partial charge in [0, 0.05) is 50.9 Å². The topological polar surface area (TPSA) is 39.7 Å². The van der Waals surface area contributed by atoms with Crippen molar-refractivity contribution in [2.75, 3.05) is 44.7 Å². The Morgan fingerprint density at radius 3 is 2.87 bits per heavy atom. The third kappa shape index (κ3) is 3.04. The van der Waals surface area contributed by atoms with Crippen molar-refractivity contribution in [2.45, 2.75) is 31.7 Å². The molecule has 2 fully saturated rings. The van der Waals surface area contributed by atoms with Crippen LogP contribution in [0.1, 0.15) is 26.2 Å². The maximum absolute atomic E-state index is 14.1. The first-order valence-electron chi connectivity index (χ1n) is 8.39. The van der Waals surface area contributed by atoms with Crippen LogP contribution < -0.4 is 4.90 Å². The van der Waals surface area contributed by atoms with Crippen molar-refractivity contribution < 1.29 is 9.18 Å². The fourth-order valence-corrected chi connectivity index (χ4v) is 3.86. The van der Waals surface area contributed by atoms with Crippen molar-refractivity contribution in [3.8, 4) is 0 Å². The summed E-state index contributed by atoms with van der Waals surface area (Å²) in [6, 6.07) is 1.74. The molecule has 6 heteroatoms. The highest BCUT2D eigenvalue weighted by Crippen LogP contribution is 2.34. The minimum Gasteiger partial charge on any atom is -0.366 e. The fourth-order valence-electron chi connectivity index (χ4n) is 3.86. The second-order valence-electron chi connectivity index (χ2n) is 6.62. The Bertz CT molecular complexity index is 581. The minimum absolute atomic E-state index is 0.0620. The molecular formula is C17H25FN4O. The van der Waals surface area contributed by atoms with Crippen LogP contribution in [0.3, 0.4) is 0 Å². The molecule has 1 aromatic heterocycles. The van der Waals surface area contributed by atoms with Crippen molar-refractivity contribution in [1.29, 1.82) is 0 Å². The van der Waals surface area contributed by atoms with Crippen molar-refractivity contribution in [3.63, 3.8) is 0 Å². The normalized spacial score (nSPS) is 26.7. The number of likely N-dealkylation sites (N-methyl/N-ethyl adjacent to an activating group) is 1. The van der Waals surface area contributed by atoms with Crippen molar-refractivity contribution >= 4 is 11.6 Å². The number of rotatable bonds is 2. The minimum atomic E-state index is -0.271. The summed E-state index contributed by atoms with van der Waals surface area (Å²) in [7, 11) is 2.13. The molecule has 0 radical (unpaired) electrons. The molecule has 0 aromatic carbocycles. The van der Waals surface area contributed by atoms with E-state index in [9.17, 15) is 9.18 Å². The summed E-state index contributed by atoms with van der Waals surface area (Å²) in [6.07, 6.45) is 5.26. The first-order chi connectivity index (χ1) is 11.1. The lowest BCUT2D eigenvalue weighted by molar-refractivity contribution is -0.130. The molecule has 5 nitrogen and oxygen atoms in total. The van der Waals surface area contributed by atoms with Gasteiger partial charge in [0.2, 0.25) is 5.91 Å². The highest BCUT2D eigenvalue weighted by atomic mass is 19.1. The third-order valence-corrected chi connectivity index (χ3v) is 5.48. The lowest BCUT2D eigenvalue weighted by Gasteiger charge is -2.50. The number of likely N-dealkylation sites (tertiary alicyclic amines) is 1. The molecule has 2 aliphatic rings. The van der Waals surface area contributed by atoms with Crippen LogP contribution in [0.25, 0.3) is 0 Å². The van der Waals surface area contributed by atoms with E-state index in [4.69, 9.17) is 0 Å². The first kappa shape index (κ1) is 16.2. The van der Waals surface area contributed by atoms with Gasteiger partial charge in [-0.3, -0.25) is 14.7 Å². The van der Waals surface area contributed by atoms with Gasteiger partial charge in [-0.2, -0.15) is 0 Å². The van der Waals surface area contributed by atoms with Crippen LogP contribution in [0, 0.1) is 5.82 Å². The zero-order valence-electron chi connectivity index (χ0n) is 14.0. The summed E-state index contributed by atoms with van der Waals surface area (Å²) in [5, 5.41) is 0. The molecule has 0 saturated carbocycles. The number of carbonyl (C=O) groups excluding carboxylic acids is 1. The molecule has 1 unspecified atom stereocenters. The van der Waals surface area contributed by atoms with Crippen molar-refractivity contribution in [3.05, 3.63) is 24.3 Å². The molecule has 2 aliphatic heterocycles. The van der Waals surface area contributed by atoms with E-state index in [-0.39, 0.29) is 17.3 Å². The van der Waals surface area contributed by atoms with Gasteiger partial charge in [-0.1, -0.05) is 0 Å². The lowest BCUT2D eigenvalue weighted by Crippen LogP contribution is -2.61. The zero-order valence-corrected chi connectivity index (χ0v) is 14.0. The fraction of sp³-hybridized carbons (Fsp3) is 0.647. The molecule has 2 saturated heterocycles. The quantitative estimate of drug-likeness (QED) is 0.832. The average Bonchev–Trinajstić information content (AvgIpc) is 2.71. The standard InChI is InChI=1S/C17H25FN4O/c1-3-21-9-7-17(6-4-16(21)23)13-22(11-10-20(17)2)15-5-8-19-12-14(15)18/h5,8,12H,3-4,6-7,9-11,13H2,1-2H3. The molecule has 1 spiro atoms. The largest absolute Gasteiger partial charge is 0.366 e. The van der Waals surface area contributed by atoms with Crippen LogP contribution in [0.4, 0.5) is 10.1 Å². The maximum Gasteiger partial charge on any atom is 0.222 e. The van der Waals surface area contributed by atoms with Gasteiger partial charge in [0.15, 0.2) is 5.82 Å². The van der Waals surface area contributed by atoms with Crippen LogP contribution in [0.5, 0.6) is 0 Å².